The first-order chi connectivity index (χ1) is 8.00. The third-order valence-corrected chi connectivity index (χ3v) is 3.71. The molecule has 2 atom stereocenters. The van der Waals surface area contributed by atoms with Crippen LogP contribution in [0.3, 0.4) is 0 Å². The minimum Gasteiger partial charge on any atom is -0.464 e. The summed E-state index contributed by atoms with van der Waals surface area (Å²) in [5.41, 5.74) is 0.817. The van der Waals surface area contributed by atoms with Crippen LogP contribution in [0.1, 0.15) is 25.5 Å². The zero-order valence-electron chi connectivity index (χ0n) is 10.5. The van der Waals surface area contributed by atoms with Crippen LogP contribution in [-0.2, 0) is 9.47 Å². The summed E-state index contributed by atoms with van der Waals surface area (Å²) in [6.45, 7) is 4.17. The van der Waals surface area contributed by atoms with E-state index >= 15 is 0 Å². The molecular formula is C13H17BrO3. The quantitative estimate of drug-likeness (QED) is 0.836. The topological polar surface area (TPSA) is 27.7 Å². The summed E-state index contributed by atoms with van der Waals surface area (Å²) >= 11 is 3.47. The third-order valence-electron chi connectivity index (χ3n) is 3.22. The van der Waals surface area contributed by atoms with Gasteiger partial charge in [-0.2, -0.15) is 0 Å². The summed E-state index contributed by atoms with van der Waals surface area (Å²) in [6, 6.07) is 5.93. The van der Waals surface area contributed by atoms with Gasteiger partial charge in [-0.25, -0.2) is 0 Å². The van der Waals surface area contributed by atoms with Crippen LogP contribution < -0.4 is 4.74 Å². The van der Waals surface area contributed by atoms with E-state index in [4.69, 9.17) is 14.2 Å². The van der Waals surface area contributed by atoms with E-state index in [-0.39, 0.29) is 17.8 Å². The van der Waals surface area contributed by atoms with Gasteiger partial charge in [-0.15, -0.1) is 0 Å². The first-order valence-electron chi connectivity index (χ1n) is 5.52. The lowest BCUT2D eigenvalue weighted by Crippen LogP contribution is -2.44. The molecule has 0 saturated carbocycles. The Labute approximate surface area is 110 Å². The molecule has 0 aromatic heterocycles. The van der Waals surface area contributed by atoms with Crippen LogP contribution in [0.5, 0.6) is 5.75 Å². The van der Waals surface area contributed by atoms with Gasteiger partial charge < -0.3 is 14.2 Å². The number of fused-ring (bicyclic) bond motifs is 1. The molecule has 0 spiro atoms. The van der Waals surface area contributed by atoms with Crippen molar-refractivity contribution in [2.45, 2.75) is 26.2 Å². The van der Waals surface area contributed by atoms with Crippen LogP contribution >= 0.6 is 15.9 Å². The van der Waals surface area contributed by atoms with E-state index < -0.39 is 0 Å². The summed E-state index contributed by atoms with van der Waals surface area (Å²) in [6.07, 6.45) is -0.352. The predicted octanol–water partition coefficient (Wildman–Crippen LogP) is 3.53. The number of benzene rings is 1. The van der Waals surface area contributed by atoms with Crippen LogP contribution in [0, 0.1) is 5.41 Å². The molecule has 0 N–H and O–H groups in total. The predicted molar refractivity (Wildman–Crippen MR) is 69.1 cm³/mol. The van der Waals surface area contributed by atoms with Gasteiger partial charge in [-0.3, -0.25) is 0 Å². The zero-order valence-corrected chi connectivity index (χ0v) is 12.1. The Hall–Kier alpha value is -0.580. The van der Waals surface area contributed by atoms with Gasteiger partial charge in [-0.1, -0.05) is 29.8 Å². The summed E-state index contributed by atoms with van der Waals surface area (Å²) in [5.74, 6) is 0.825. The molecule has 94 valence electrons. The molecule has 0 saturated heterocycles. The van der Waals surface area contributed by atoms with E-state index in [0.717, 1.165) is 15.8 Å². The largest absolute Gasteiger partial charge is 0.464 e. The van der Waals surface area contributed by atoms with E-state index in [1.54, 1.807) is 14.2 Å². The second-order valence-corrected chi connectivity index (χ2v) is 5.72. The lowest BCUT2D eigenvalue weighted by molar-refractivity contribution is -0.187. The highest BCUT2D eigenvalue weighted by Crippen LogP contribution is 2.48. The van der Waals surface area contributed by atoms with Crippen LogP contribution in [0.25, 0.3) is 0 Å². The Balaban J connectivity index is 2.51. The van der Waals surface area contributed by atoms with Crippen LogP contribution in [-0.4, -0.2) is 20.5 Å². The molecule has 1 aliphatic rings. The molecule has 17 heavy (non-hydrogen) atoms. The number of rotatable bonds is 2. The highest BCUT2D eigenvalue weighted by atomic mass is 79.9. The fourth-order valence-electron chi connectivity index (χ4n) is 2.41. The molecule has 1 heterocycles. The van der Waals surface area contributed by atoms with E-state index in [2.05, 4.69) is 29.8 Å². The van der Waals surface area contributed by atoms with Crippen molar-refractivity contribution >= 4 is 15.9 Å². The van der Waals surface area contributed by atoms with Gasteiger partial charge in [0.1, 0.15) is 5.75 Å². The average molecular weight is 301 g/mol. The molecule has 0 fully saturated rings. The van der Waals surface area contributed by atoms with Crippen LogP contribution in [0.4, 0.5) is 0 Å². The highest BCUT2D eigenvalue weighted by molar-refractivity contribution is 9.10. The minimum absolute atomic E-state index is 0.0475. The van der Waals surface area contributed by atoms with E-state index in [1.807, 2.05) is 18.2 Å². The summed E-state index contributed by atoms with van der Waals surface area (Å²) in [5, 5.41) is 0. The number of hydrogen-bond donors (Lipinski definition) is 0. The lowest BCUT2D eigenvalue weighted by Gasteiger charge is -2.43. The second kappa shape index (κ2) is 4.59. The molecule has 1 aromatic rings. The maximum atomic E-state index is 5.86. The van der Waals surface area contributed by atoms with Crippen molar-refractivity contribution in [3.63, 3.8) is 0 Å². The lowest BCUT2D eigenvalue weighted by atomic mass is 9.79. The van der Waals surface area contributed by atoms with Gasteiger partial charge in [0.15, 0.2) is 0 Å². The average Bonchev–Trinajstić information content (AvgIpc) is 2.27. The molecule has 4 heteroatoms. The summed E-state index contributed by atoms with van der Waals surface area (Å²) < 4.78 is 17.9. The van der Waals surface area contributed by atoms with Crippen molar-refractivity contribution in [2.24, 2.45) is 5.41 Å². The molecule has 1 aromatic carbocycles. The zero-order chi connectivity index (χ0) is 12.6. The first-order valence-corrected chi connectivity index (χ1v) is 6.31. The molecule has 0 amide bonds. The molecule has 0 unspecified atom stereocenters. The molecule has 3 nitrogen and oxygen atoms in total. The monoisotopic (exact) mass is 300 g/mol. The molecule has 0 bridgehead atoms. The number of hydrogen-bond acceptors (Lipinski definition) is 3. The van der Waals surface area contributed by atoms with Crippen LogP contribution in [0.15, 0.2) is 22.7 Å². The fraction of sp³-hybridized carbons (Fsp3) is 0.538. The SMILES string of the molecule is CO[C@@H]1Oc2ccc(Br)cc2[C@@H](OC)C1(C)C. The molecule has 2 rings (SSSR count). The summed E-state index contributed by atoms with van der Waals surface area (Å²) in [4.78, 5) is 0. The van der Waals surface area contributed by atoms with Gasteiger partial charge in [0.05, 0.1) is 11.5 Å². The summed E-state index contributed by atoms with van der Waals surface area (Å²) in [7, 11) is 3.37. The highest BCUT2D eigenvalue weighted by Gasteiger charge is 2.45. The standard InChI is InChI=1S/C13H17BrO3/c1-13(2)11(15-3)9-7-8(14)5-6-10(9)17-12(13)16-4/h5-7,11-12H,1-4H3/t11-,12-/m1/s1. The number of halogens is 1. The van der Waals surface area contributed by atoms with Gasteiger partial charge in [0, 0.05) is 24.3 Å². The normalized spacial score (nSPS) is 26.2. The molecule has 0 aliphatic carbocycles. The fourth-order valence-corrected chi connectivity index (χ4v) is 2.78. The smallest absolute Gasteiger partial charge is 0.207 e. The van der Waals surface area contributed by atoms with E-state index in [9.17, 15) is 0 Å². The minimum atomic E-state index is -0.305. The van der Waals surface area contributed by atoms with Crippen LogP contribution in [0.2, 0.25) is 0 Å². The Kier molecular flexibility index (Phi) is 3.48. The molecular weight excluding hydrogens is 284 g/mol. The van der Waals surface area contributed by atoms with Crippen molar-refractivity contribution in [2.75, 3.05) is 14.2 Å². The van der Waals surface area contributed by atoms with Gasteiger partial charge in [0.25, 0.3) is 0 Å². The van der Waals surface area contributed by atoms with Crippen molar-refractivity contribution in [3.8, 4) is 5.75 Å². The second-order valence-electron chi connectivity index (χ2n) is 4.80. The van der Waals surface area contributed by atoms with Gasteiger partial charge >= 0.3 is 0 Å². The van der Waals surface area contributed by atoms with E-state index in [0.29, 0.717) is 0 Å². The molecule has 0 radical (unpaired) electrons. The van der Waals surface area contributed by atoms with Crippen molar-refractivity contribution < 1.29 is 14.2 Å². The maximum absolute atomic E-state index is 5.86. The Morgan fingerprint density at radius 1 is 1.24 bits per heavy atom. The Morgan fingerprint density at radius 3 is 2.53 bits per heavy atom. The van der Waals surface area contributed by atoms with Crippen molar-refractivity contribution in [1.82, 2.24) is 0 Å². The molecule has 1 aliphatic heterocycles. The van der Waals surface area contributed by atoms with Crippen molar-refractivity contribution in [3.05, 3.63) is 28.2 Å². The number of methoxy groups -OCH3 is 2. The van der Waals surface area contributed by atoms with Gasteiger partial charge in [0.2, 0.25) is 6.29 Å². The van der Waals surface area contributed by atoms with Gasteiger partial charge in [-0.05, 0) is 18.2 Å². The third kappa shape index (κ3) is 2.09. The van der Waals surface area contributed by atoms with Crippen molar-refractivity contribution in [1.29, 1.82) is 0 Å². The first kappa shape index (κ1) is 12.9. The maximum Gasteiger partial charge on any atom is 0.207 e. The van der Waals surface area contributed by atoms with E-state index in [1.165, 1.54) is 0 Å². The number of ether oxygens (including phenoxy) is 3. The Bertz CT molecular complexity index is 417. The Morgan fingerprint density at radius 2 is 1.94 bits per heavy atom.